The van der Waals surface area contributed by atoms with E-state index in [9.17, 15) is 5.11 Å². The summed E-state index contributed by atoms with van der Waals surface area (Å²) in [7, 11) is 0. The van der Waals surface area contributed by atoms with Gasteiger partial charge in [0.05, 0.1) is 12.3 Å². The third kappa shape index (κ3) is 4.65. The summed E-state index contributed by atoms with van der Waals surface area (Å²) in [5.41, 5.74) is 9.52. The van der Waals surface area contributed by atoms with Gasteiger partial charge in [-0.05, 0) is 79.6 Å². The number of fused-ring (bicyclic) bond motifs is 1. The number of hydrogen-bond acceptors (Lipinski definition) is 2. The van der Waals surface area contributed by atoms with E-state index in [-0.39, 0.29) is 19.0 Å². The molecule has 1 aromatic heterocycles. The second-order valence-corrected chi connectivity index (χ2v) is 9.44. The third-order valence-electron chi connectivity index (χ3n) is 7.37. The lowest BCUT2D eigenvalue weighted by Gasteiger charge is -2.33. The molecule has 34 heavy (non-hydrogen) atoms. The standard InChI is InChI=1S/C30H34N2O.ClH/c1-22-9-8-10-23(2)29(22)24-15-17-31(18-16-24)21-27-26-13-6-7-14-28(26)32(19-20-33)30(27)25-11-4-3-5-12-25;/h3-14,24,33H,15-21H2,1-2H3;1H. The van der Waals surface area contributed by atoms with Crippen molar-refractivity contribution in [3.8, 4) is 11.3 Å². The molecule has 0 bridgehead atoms. The topological polar surface area (TPSA) is 28.4 Å². The highest BCUT2D eigenvalue weighted by Gasteiger charge is 2.25. The van der Waals surface area contributed by atoms with Crippen molar-refractivity contribution in [2.24, 2.45) is 0 Å². The van der Waals surface area contributed by atoms with E-state index in [4.69, 9.17) is 0 Å². The molecule has 5 rings (SSSR count). The zero-order valence-electron chi connectivity index (χ0n) is 20.2. The monoisotopic (exact) mass is 474 g/mol. The zero-order chi connectivity index (χ0) is 22.8. The van der Waals surface area contributed by atoms with E-state index in [1.165, 1.54) is 51.7 Å². The fourth-order valence-corrected chi connectivity index (χ4v) is 5.87. The number of likely N-dealkylation sites (tertiary alicyclic amines) is 1. The van der Waals surface area contributed by atoms with Crippen LogP contribution in [-0.2, 0) is 13.1 Å². The van der Waals surface area contributed by atoms with E-state index in [0.29, 0.717) is 12.5 Å². The lowest BCUT2D eigenvalue weighted by molar-refractivity contribution is 0.205. The van der Waals surface area contributed by atoms with Crippen molar-refractivity contribution in [2.45, 2.75) is 45.7 Å². The molecule has 0 atom stereocenters. The van der Waals surface area contributed by atoms with Crippen LogP contribution in [0.25, 0.3) is 22.2 Å². The third-order valence-corrected chi connectivity index (χ3v) is 7.37. The maximum absolute atomic E-state index is 9.83. The van der Waals surface area contributed by atoms with Gasteiger partial charge in [0.25, 0.3) is 0 Å². The molecule has 0 saturated carbocycles. The molecule has 3 aromatic carbocycles. The summed E-state index contributed by atoms with van der Waals surface area (Å²) in [4.78, 5) is 2.63. The van der Waals surface area contributed by atoms with Crippen LogP contribution in [0, 0.1) is 13.8 Å². The van der Waals surface area contributed by atoms with Gasteiger partial charge in [0.15, 0.2) is 0 Å². The van der Waals surface area contributed by atoms with Crippen molar-refractivity contribution in [1.29, 1.82) is 0 Å². The number of aliphatic hydroxyl groups is 1. The van der Waals surface area contributed by atoms with Gasteiger partial charge in [-0.1, -0.05) is 66.7 Å². The molecule has 1 saturated heterocycles. The minimum absolute atomic E-state index is 0. The highest BCUT2D eigenvalue weighted by atomic mass is 35.5. The summed E-state index contributed by atoms with van der Waals surface area (Å²) in [6, 6.07) is 26.0. The normalized spacial score (nSPS) is 14.9. The minimum atomic E-state index is 0. The molecule has 0 amide bonds. The van der Waals surface area contributed by atoms with Crippen molar-refractivity contribution in [3.05, 3.63) is 95.1 Å². The molecule has 0 radical (unpaired) electrons. The highest BCUT2D eigenvalue weighted by Crippen LogP contribution is 2.37. The molecular weight excluding hydrogens is 440 g/mol. The molecule has 1 aliphatic heterocycles. The molecular formula is C30H35ClN2O. The number of benzene rings is 3. The van der Waals surface area contributed by atoms with Gasteiger partial charge in [-0.3, -0.25) is 4.90 Å². The first-order valence-corrected chi connectivity index (χ1v) is 12.2. The second-order valence-electron chi connectivity index (χ2n) is 9.44. The van der Waals surface area contributed by atoms with Crippen LogP contribution < -0.4 is 0 Å². The van der Waals surface area contributed by atoms with Crippen molar-refractivity contribution < 1.29 is 5.11 Å². The predicted octanol–water partition coefficient (Wildman–Crippen LogP) is 6.72. The maximum atomic E-state index is 9.83. The van der Waals surface area contributed by atoms with Gasteiger partial charge < -0.3 is 9.67 Å². The van der Waals surface area contributed by atoms with Gasteiger partial charge >= 0.3 is 0 Å². The largest absolute Gasteiger partial charge is 0.395 e. The molecule has 3 nitrogen and oxygen atoms in total. The number of rotatable bonds is 6. The number of para-hydroxylation sites is 1. The summed E-state index contributed by atoms with van der Waals surface area (Å²) in [6.45, 7) is 8.45. The fourth-order valence-electron chi connectivity index (χ4n) is 5.87. The lowest BCUT2D eigenvalue weighted by atomic mass is 9.84. The Morgan fingerprint density at radius 3 is 2.15 bits per heavy atom. The van der Waals surface area contributed by atoms with Gasteiger partial charge in [0.1, 0.15) is 0 Å². The molecule has 0 aliphatic carbocycles. The van der Waals surface area contributed by atoms with Crippen molar-refractivity contribution in [1.82, 2.24) is 9.47 Å². The predicted molar refractivity (Wildman–Crippen MR) is 145 cm³/mol. The van der Waals surface area contributed by atoms with Crippen LogP contribution in [0.5, 0.6) is 0 Å². The molecule has 0 unspecified atom stereocenters. The first-order chi connectivity index (χ1) is 16.2. The van der Waals surface area contributed by atoms with Crippen molar-refractivity contribution in [3.63, 3.8) is 0 Å². The Balaban J connectivity index is 0.00000274. The number of halogens is 1. The summed E-state index contributed by atoms with van der Waals surface area (Å²) >= 11 is 0. The number of aliphatic hydroxyl groups excluding tert-OH is 1. The van der Waals surface area contributed by atoms with Gasteiger partial charge in [0.2, 0.25) is 0 Å². The molecule has 1 fully saturated rings. The Labute approximate surface area is 209 Å². The first-order valence-electron chi connectivity index (χ1n) is 12.2. The Morgan fingerprint density at radius 2 is 1.47 bits per heavy atom. The summed E-state index contributed by atoms with van der Waals surface area (Å²) in [5, 5.41) is 11.1. The van der Waals surface area contributed by atoms with E-state index >= 15 is 0 Å². The van der Waals surface area contributed by atoms with Crippen LogP contribution in [0.15, 0.2) is 72.8 Å². The number of hydrogen-bond donors (Lipinski definition) is 1. The Hall–Kier alpha value is -2.59. The van der Waals surface area contributed by atoms with Gasteiger partial charge in [-0.15, -0.1) is 12.4 Å². The minimum Gasteiger partial charge on any atom is -0.395 e. The molecule has 2 heterocycles. The molecule has 1 aliphatic rings. The Morgan fingerprint density at radius 1 is 0.824 bits per heavy atom. The first kappa shape index (κ1) is 24.5. The van der Waals surface area contributed by atoms with Crippen molar-refractivity contribution >= 4 is 23.3 Å². The van der Waals surface area contributed by atoms with E-state index in [1.807, 2.05) is 0 Å². The van der Waals surface area contributed by atoms with Crippen molar-refractivity contribution in [2.75, 3.05) is 19.7 Å². The average molecular weight is 475 g/mol. The summed E-state index contributed by atoms with van der Waals surface area (Å²) in [6.07, 6.45) is 2.42. The molecule has 1 N–H and O–H groups in total. The molecule has 178 valence electrons. The highest BCUT2D eigenvalue weighted by molar-refractivity contribution is 5.92. The van der Waals surface area contributed by atoms with Gasteiger partial charge in [-0.2, -0.15) is 0 Å². The van der Waals surface area contributed by atoms with Crippen LogP contribution in [-0.4, -0.2) is 34.3 Å². The van der Waals surface area contributed by atoms with Crippen LogP contribution >= 0.6 is 12.4 Å². The van der Waals surface area contributed by atoms with Crippen LogP contribution in [0.3, 0.4) is 0 Å². The Bertz CT molecular complexity index is 1220. The zero-order valence-corrected chi connectivity index (χ0v) is 21.0. The average Bonchev–Trinajstić information content (AvgIpc) is 3.14. The number of aryl methyl sites for hydroxylation is 2. The van der Waals surface area contributed by atoms with E-state index in [2.05, 4.69) is 96.1 Å². The van der Waals surface area contributed by atoms with Gasteiger partial charge in [0, 0.05) is 24.0 Å². The van der Waals surface area contributed by atoms with E-state index in [1.54, 1.807) is 5.56 Å². The smallest absolute Gasteiger partial charge is 0.0610 e. The van der Waals surface area contributed by atoms with Gasteiger partial charge in [-0.25, -0.2) is 0 Å². The fraction of sp³-hybridized carbons (Fsp3) is 0.333. The second kappa shape index (κ2) is 10.8. The summed E-state index contributed by atoms with van der Waals surface area (Å²) in [5.74, 6) is 0.659. The number of piperidine rings is 1. The quantitative estimate of drug-likeness (QED) is 0.336. The SMILES string of the molecule is Cc1cccc(C)c1C1CCN(Cc2c(-c3ccccc3)n(CCO)c3ccccc23)CC1.Cl. The van der Waals surface area contributed by atoms with Crippen LogP contribution in [0.2, 0.25) is 0 Å². The van der Waals surface area contributed by atoms with Crippen LogP contribution in [0.4, 0.5) is 0 Å². The van der Waals surface area contributed by atoms with Crippen LogP contribution in [0.1, 0.15) is 41.0 Å². The number of nitrogens with zero attached hydrogens (tertiary/aromatic N) is 2. The van der Waals surface area contributed by atoms with E-state index in [0.717, 1.165) is 19.6 Å². The maximum Gasteiger partial charge on any atom is 0.0610 e. The lowest BCUT2D eigenvalue weighted by Crippen LogP contribution is -2.33. The number of aromatic nitrogens is 1. The summed E-state index contributed by atoms with van der Waals surface area (Å²) < 4.78 is 2.31. The molecule has 0 spiro atoms. The van der Waals surface area contributed by atoms with E-state index < -0.39 is 0 Å². The molecule has 4 aromatic rings. The Kier molecular flexibility index (Phi) is 7.77. The molecule has 4 heteroatoms.